The molecule has 3 heteroatoms. The molecule has 2 unspecified atom stereocenters. The zero-order chi connectivity index (χ0) is 10.7. The first-order chi connectivity index (χ1) is 7.27. The Morgan fingerprint density at radius 1 is 1.27 bits per heavy atom. The number of hydrogen-bond donors (Lipinski definition) is 1. The highest BCUT2D eigenvalue weighted by molar-refractivity contribution is 4.83. The summed E-state index contributed by atoms with van der Waals surface area (Å²) in [4.78, 5) is 2.65. The first-order valence-electron chi connectivity index (χ1n) is 6.33. The Morgan fingerprint density at radius 2 is 2.00 bits per heavy atom. The molecule has 0 aliphatic carbocycles. The monoisotopic (exact) mass is 212 g/mol. The maximum atomic E-state index is 5.82. The maximum absolute atomic E-state index is 5.82. The van der Waals surface area contributed by atoms with Crippen LogP contribution in [0.4, 0.5) is 0 Å². The summed E-state index contributed by atoms with van der Waals surface area (Å²) in [5.74, 6) is 0.663. The van der Waals surface area contributed by atoms with Crippen molar-refractivity contribution in [2.75, 3.05) is 32.8 Å². The molecule has 0 radical (unpaired) electrons. The average molecular weight is 212 g/mol. The van der Waals surface area contributed by atoms with Gasteiger partial charge in [0.1, 0.15) is 0 Å². The molecule has 1 N–H and O–H groups in total. The number of rotatable bonds is 2. The van der Waals surface area contributed by atoms with Crippen molar-refractivity contribution in [3.05, 3.63) is 0 Å². The van der Waals surface area contributed by atoms with Gasteiger partial charge in [-0.3, -0.25) is 4.90 Å². The van der Waals surface area contributed by atoms with Gasteiger partial charge in [0.05, 0.1) is 6.10 Å². The Morgan fingerprint density at radius 3 is 2.67 bits per heavy atom. The minimum Gasteiger partial charge on any atom is -0.378 e. The van der Waals surface area contributed by atoms with Crippen molar-refractivity contribution < 1.29 is 4.74 Å². The van der Waals surface area contributed by atoms with E-state index in [9.17, 15) is 0 Å². The van der Waals surface area contributed by atoms with E-state index in [1.807, 2.05) is 0 Å². The number of ether oxygens (including phenoxy) is 1. The van der Waals surface area contributed by atoms with Crippen molar-refractivity contribution in [3.8, 4) is 0 Å². The Hall–Kier alpha value is -0.120. The van der Waals surface area contributed by atoms with Crippen molar-refractivity contribution in [2.45, 2.75) is 38.8 Å². The SMILES string of the molecule is CC(C)C1CC(N2CCNCC2)CCO1. The van der Waals surface area contributed by atoms with Crippen LogP contribution in [0.3, 0.4) is 0 Å². The van der Waals surface area contributed by atoms with Gasteiger partial charge in [-0.25, -0.2) is 0 Å². The van der Waals surface area contributed by atoms with Crippen molar-refractivity contribution in [2.24, 2.45) is 5.92 Å². The van der Waals surface area contributed by atoms with Gasteiger partial charge in [0.15, 0.2) is 0 Å². The molecule has 2 aliphatic rings. The lowest BCUT2D eigenvalue weighted by Gasteiger charge is -2.40. The Bertz CT molecular complexity index is 190. The first-order valence-corrected chi connectivity index (χ1v) is 6.33. The quantitative estimate of drug-likeness (QED) is 0.742. The van der Waals surface area contributed by atoms with Gasteiger partial charge in [0, 0.05) is 38.8 Å². The van der Waals surface area contributed by atoms with E-state index in [2.05, 4.69) is 24.1 Å². The van der Waals surface area contributed by atoms with E-state index >= 15 is 0 Å². The van der Waals surface area contributed by atoms with Gasteiger partial charge < -0.3 is 10.1 Å². The van der Waals surface area contributed by atoms with Gasteiger partial charge >= 0.3 is 0 Å². The van der Waals surface area contributed by atoms with E-state index in [1.165, 1.54) is 25.9 Å². The van der Waals surface area contributed by atoms with Crippen LogP contribution in [0.25, 0.3) is 0 Å². The predicted octanol–water partition coefficient (Wildman–Crippen LogP) is 1.10. The van der Waals surface area contributed by atoms with Crippen LogP contribution in [0.15, 0.2) is 0 Å². The Labute approximate surface area is 93.2 Å². The van der Waals surface area contributed by atoms with E-state index in [0.29, 0.717) is 12.0 Å². The molecule has 2 saturated heterocycles. The van der Waals surface area contributed by atoms with E-state index in [-0.39, 0.29) is 0 Å². The van der Waals surface area contributed by atoms with Gasteiger partial charge in [-0.2, -0.15) is 0 Å². The summed E-state index contributed by atoms with van der Waals surface area (Å²) in [6, 6.07) is 0.772. The molecule has 2 rings (SSSR count). The second-order valence-electron chi connectivity index (χ2n) is 5.12. The van der Waals surface area contributed by atoms with Gasteiger partial charge in [-0.05, 0) is 18.8 Å². The van der Waals surface area contributed by atoms with Crippen LogP contribution < -0.4 is 5.32 Å². The molecule has 2 heterocycles. The minimum atomic E-state index is 0.485. The third-order valence-electron chi connectivity index (χ3n) is 3.70. The molecule has 2 aliphatic heterocycles. The Kier molecular flexibility index (Phi) is 4.00. The normalized spacial score (nSPS) is 34.6. The zero-order valence-corrected chi connectivity index (χ0v) is 10.0. The molecule has 2 atom stereocenters. The zero-order valence-electron chi connectivity index (χ0n) is 10.0. The lowest BCUT2D eigenvalue weighted by atomic mass is 9.94. The van der Waals surface area contributed by atoms with E-state index in [4.69, 9.17) is 4.74 Å². The Balaban J connectivity index is 1.85. The third-order valence-corrected chi connectivity index (χ3v) is 3.70. The van der Waals surface area contributed by atoms with Crippen LogP contribution in [0.5, 0.6) is 0 Å². The highest BCUT2D eigenvalue weighted by Gasteiger charge is 2.29. The molecule has 0 spiro atoms. The second kappa shape index (κ2) is 5.28. The van der Waals surface area contributed by atoms with Crippen LogP contribution in [0, 0.1) is 5.92 Å². The van der Waals surface area contributed by atoms with Gasteiger partial charge in [-0.15, -0.1) is 0 Å². The number of piperazine rings is 1. The summed E-state index contributed by atoms with van der Waals surface area (Å²) in [5, 5.41) is 3.41. The lowest BCUT2D eigenvalue weighted by Crippen LogP contribution is -2.51. The van der Waals surface area contributed by atoms with Gasteiger partial charge in [-0.1, -0.05) is 13.8 Å². The average Bonchev–Trinajstić information content (AvgIpc) is 2.30. The molecule has 15 heavy (non-hydrogen) atoms. The molecule has 0 aromatic heterocycles. The summed E-state index contributed by atoms with van der Waals surface area (Å²) in [7, 11) is 0. The molecule has 0 amide bonds. The van der Waals surface area contributed by atoms with Crippen LogP contribution in [0.1, 0.15) is 26.7 Å². The van der Waals surface area contributed by atoms with Crippen molar-refractivity contribution in [1.82, 2.24) is 10.2 Å². The molecule has 3 nitrogen and oxygen atoms in total. The first kappa shape index (κ1) is 11.4. The van der Waals surface area contributed by atoms with Gasteiger partial charge in [0.2, 0.25) is 0 Å². The molecular weight excluding hydrogens is 188 g/mol. The summed E-state index contributed by atoms with van der Waals surface area (Å²) in [6.07, 6.45) is 2.94. The number of nitrogens with one attached hydrogen (secondary N) is 1. The van der Waals surface area contributed by atoms with E-state index in [1.54, 1.807) is 0 Å². The third kappa shape index (κ3) is 2.92. The van der Waals surface area contributed by atoms with Crippen LogP contribution in [-0.4, -0.2) is 49.8 Å². The van der Waals surface area contributed by atoms with Gasteiger partial charge in [0.25, 0.3) is 0 Å². The molecule has 0 aromatic carbocycles. The summed E-state index contributed by atoms with van der Waals surface area (Å²) >= 11 is 0. The fraction of sp³-hybridized carbons (Fsp3) is 1.00. The maximum Gasteiger partial charge on any atom is 0.0612 e. The van der Waals surface area contributed by atoms with Crippen LogP contribution in [-0.2, 0) is 4.74 Å². The molecular formula is C12H24N2O. The van der Waals surface area contributed by atoms with Crippen LogP contribution >= 0.6 is 0 Å². The van der Waals surface area contributed by atoms with Crippen molar-refractivity contribution in [3.63, 3.8) is 0 Å². The largest absolute Gasteiger partial charge is 0.378 e. The molecule has 0 bridgehead atoms. The summed E-state index contributed by atoms with van der Waals surface area (Å²) in [5.41, 5.74) is 0. The van der Waals surface area contributed by atoms with Crippen molar-refractivity contribution in [1.29, 1.82) is 0 Å². The molecule has 0 saturated carbocycles. The van der Waals surface area contributed by atoms with E-state index in [0.717, 1.165) is 25.7 Å². The highest BCUT2D eigenvalue weighted by atomic mass is 16.5. The fourth-order valence-electron chi connectivity index (χ4n) is 2.65. The second-order valence-corrected chi connectivity index (χ2v) is 5.12. The van der Waals surface area contributed by atoms with Crippen molar-refractivity contribution >= 4 is 0 Å². The minimum absolute atomic E-state index is 0.485. The topological polar surface area (TPSA) is 24.5 Å². The summed E-state index contributed by atoms with van der Waals surface area (Å²) in [6.45, 7) is 10.2. The lowest BCUT2D eigenvalue weighted by molar-refractivity contribution is -0.0500. The molecule has 0 aromatic rings. The predicted molar refractivity (Wildman–Crippen MR) is 62.0 cm³/mol. The standard InChI is InChI=1S/C12H24N2O/c1-10(2)12-9-11(3-8-15-12)14-6-4-13-5-7-14/h10-13H,3-9H2,1-2H3. The number of nitrogens with zero attached hydrogens (tertiary/aromatic N) is 1. The number of hydrogen-bond acceptors (Lipinski definition) is 3. The molecule has 88 valence electrons. The molecule has 2 fully saturated rings. The fourth-order valence-corrected chi connectivity index (χ4v) is 2.65. The summed E-state index contributed by atoms with van der Waals surface area (Å²) < 4.78 is 5.82. The van der Waals surface area contributed by atoms with Crippen LogP contribution in [0.2, 0.25) is 0 Å². The van der Waals surface area contributed by atoms with E-state index < -0.39 is 0 Å². The smallest absolute Gasteiger partial charge is 0.0612 e. The highest BCUT2D eigenvalue weighted by Crippen LogP contribution is 2.24.